The maximum atomic E-state index is 2.52. The van der Waals surface area contributed by atoms with E-state index in [1.165, 1.54) is 110 Å². The van der Waals surface area contributed by atoms with Crippen LogP contribution in [0.15, 0.2) is 255 Å². The molecule has 2 nitrogen and oxygen atoms in total. The van der Waals surface area contributed by atoms with Crippen molar-refractivity contribution in [3.63, 3.8) is 0 Å². The summed E-state index contributed by atoms with van der Waals surface area (Å²) in [4.78, 5) is 2.35. The van der Waals surface area contributed by atoms with Crippen molar-refractivity contribution >= 4 is 71.2 Å². The molecule has 71 heavy (non-hydrogen) atoms. The number of aromatic nitrogens is 1. The van der Waals surface area contributed by atoms with Crippen molar-refractivity contribution in [2.45, 2.75) is 19.3 Å². The van der Waals surface area contributed by atoms with Crippen LogP contribution >= 0.6 is 0 Å². The maximum absolute atomic E-state index is 2.52. The topological polar surface area (TPSA) is 8.17 Å². The highest BCUT2D eigenvalue weighted by Gasteiger charge is 2.36. The first kappa shape index (κ1) is 41.0. The van der Waals surface area contributed by atoms with Crippen LogP contribution in [-0.2, 0) is 5.41 Å². The van der Waals surface area contributed by atoms with E-state index < -0.39 is 0 Å². The molecule has 13 aromatic rings. The predicted octanol–water partition coefficient (Wildman–Crippen LogP) is 19.0. The largest absolute Gasteiger partial charge is 0.311 e. The lowest BCUT2D eigenvalue weighted by atomic mass is 9.82. The quantitative estimate of drug-likeness (QED) is 0.145. The van der Waals surface area contributed by atoms with Gasteiger partial charge in [0.1, 0.15) is 0 Å². The van der Waals surface area contributed by atoms with Gasteiger partial charge < -0.3 is 9.47 Å². The van der Waals surface area contributed by atoms with Crippen LogP contribution in [0.5, 0.6) is 0 Å². The van der Waals surface area contributed by atoms with Gasteiger partial charge in [-0.15, -0.1) is 0 Å². The minimum absolute atomic E-state index is 0.130. The van der Waals surface area contributed by atoms with Gasteiger partial charge in [0.25, 0.3) is 0 Å². The Morgan fingerprint density at radius 2 is 0.718 bits per heavy atom. The summed E-state index contributed by atoms with van der Waals surface area (Å²) >= 11 is 0. The van der Waals surface area contributed by atoms with E-state index in [2.05, 4.69) is 278 Å². The smallest absolute Gasteiger partial charge is 0.0547 e. The van der Waals surface area contributed by atoms with Crippen molar-refractivity contribution in [2.75, 3.05) is 4.90 Å². The van der Waals surface area contributed by atoms with Gasteiger partial charge in [-0.25, -0.2) is 0 Å². The second-order valence-corrected chi connectivity index (χ2v) is 19.6. The van der Waals surface area contributed by atoms with Gasteiger partial charge in [-0.2, -0.15) is 0 Å². The van der Waals surface area contributed by atoms with Gasteiger partial charge in [0.2, 0.25) is 0 Å². The molecule has 12 aromatic carbocycles. The summed E-state index contributed by atoms with van der Waals surface area (Å²) in [6, 6.07) is 93.9. The van der Waals surface area contributed by atoms with E-state index >= 15 is 0 Å². The molecule has 0 amide bonds. The molecule has 0 saturated carbocycles. The van der Waals surface area contributed by atoms with E-state index in [-0.39, 0.29) is 5.41 Å². The molecule has 0 unspecified atom stereocenters. The Kier molecular flexibility index (Phi) is 9.28. The summed E-state index contributed by atoms with van der Waals surface area (Å²) in [5.74, 6) is 0. The monoisotopic (exact) mass is 904 g/mol. The van der Waals surface area contributed by atoms with Crippen molar-refractivity contribution in [3.8, 4) is 50.2 Å². The second-order valence-electron chi connectivity index (χ2n) is 19.6. The summed E-state index contributed by atoms with van der Waals surface area (Å²) in [5.41, 5.74) is 19.4. The van der Waals surface area contributed by atoms with E-state index in [1.807, 2.05) is 0 Å². The van der Waals surface area contributed by atoms with Crippen LogP contribution in [0.4, 0.5) is 17.1 Å². The molecular weight excluding hydrogens is 857 g/mol. The van der Waals surface area contributed by atoms with Crippen LogP contribution < -0.4 is 4.90 Å². The third kappa shape index (κ3) is 6.49. The van der Waals surface area contributed by atoms with E-state index in [0.717, 1.165) is 22.7 Å². The van der Waals surface area contributed by atoms with E-state index in [0.29, 0.717) is 0 Å². The molecular formula is C69H48N2. The first-order valence-corrected chi connectivity index (χ1v) is 24.7. The highest BCUT2D eigenvalue weighted by Crippen LogP contribution is 2.52. The van der Waals surface area contributed by atoms with Gasteiger partial charge in [-0.05, 0) is 149 Å². The van der Waals surface area contributed by atoms with Gasteiger partial charge in [0.15, 0.2) is 0 Å². The van der Waals surface area contributed by atoms with Crippen LogP contribution in [0.25, 0.3) is 104 Å². The molecule has 0 radical (unpaired) electrons. The predicted molar refractivity (Wildman–Crippen MR) is 302 cm³/mol. The molecule has 0 spiro atoms. The van der Waals surface area contributed by atoms with Crippen LogP contribution in [0, 0.1) is 0 Å². The average molecular weight is 905 g/mol. The number of anilines is 3. The molecule has 334 valence electrons. The first-order chi connectivity index (χ1) is 35.0. The minimum atomic E-state index is -0.130. The molecule has 1 heterocycles. The summed E-state index contributed by atoms with van der Waals surface area (Å²) in [7, 11) is 0. The van der Waals surface area contributed by atoms with Gasteiger partial charge >= 0.3 is 0 Å². The Labute approximate surface area is 414 Å². The molecule has 0 atom stereocenters. The fourth-order valence-corrected chi connectivity index (χ4v) is 11.9. The van der Waals surface area contributed by atoms with Crippen LogP contribution in [-0.4, -0.2) is 4.57 Å². The van der Waals surface area contributed by atoms with E-state index in [4.69, 9.17) is 0 Å². The lowest BCUT2D eigenvalue weighted by Gasteiger charge is -2.26. The number of fused-ring (bicyclic) bond motifs is 13. The summed E-state index contributed by atoms with van der Waals surface area (Å²) in [6.07, 6.45) is 0. The number of nitrogens with zero attached hydrogens (tertiary/aromatic N) is 2. The zero-order valence-corrected chi connectivity index (χ0v) is 39.6. The van der Waals surface area contributed by atoms with Crippen LogP contribution in [0.2, 0.25) is 0 Å². The third-order valence-electron chi connectivity index (χ3n) is 15.4. The number of hydrogen-bond donors (Lipinski definition) is 0. The van der Waals surface area contributed by atoms with Crippen molar-refractivity contribution in [3.05, 3.63) is 266 Å². The minimum Gasteiger partial charge on any atom is -0.311 e. The Morgan fingerprint density at radius 1 is 0.296 bits per heavy atom. The van der Waals surface area contributed by atoms with E-state index in [1.54, 1.807) is 0 Å². The molecule has 2 heteroatoms. The van der Waals surface area contributed by atoms with Gasteiger partial charge in [-0.1, -0.05) is 202 Å². The molecule has 14 rings (SSSR count). The lowest BCUT2D eigenvalue weighted by molar-refractivity contribution is 0.661. The first-order valence-electron chi connectivity index (χ1n) is 24.7. The highest BCUT2D eigenvalue weighted by atomic mass is 15.1. The Morgan fingerprint density at radius 3 is 1.25 bits per heavy atom. The zero-order valence-electron chi connectivity index (χ0n) is 39.6. The Balaban J connectivity index is 0.889. The average Bonchev–Trinajstić information content (AvgIpc) is 3.88. The van der Waals surface area contributed by atoms with Gasteiger partial charge in [0, 0.05) is 44.3 Å². The molecule has 0 bridgehead atoms. The second kappa shape index (κ2) is 16.1. The Bertz CT molecular complexity index is 4070. The fraction of sp³-hybridized carbons (Fsp3) is 0.0435. The third-order valence-corrected chi connectivity index (χ3v) is 15.4. The van der Waals surface area contributed by atoms with Crippen LogP contribution in [0.1, 0.15) is 25.0 Å². The van der Waals surface area contributed by atoms with Gasteiger partial charge in [-0.3, -0.25) is 0 Å². The van der Waals surface area contributed by atoms with Gasteiger partial charge in [0.05, 0.1) is 11.0 Å². The maximum Gasteiger partial charge on any atom is 0.0547 e. The fourth-order valence-electron chi connectivity index (χ4n) is 11.9. The Hall–Kier alpha value is -8.98. The van der Waals surface area contributed by atoms with E-state index in [9.17, 15) is 0 Å². The molecule has 0 saturated heterocycles. The van der Waals surface area contributed by atoms with Crippen molar-refractivity contribution < 1.29 is 0 Å². The SMILES string of the molecule is CC1(C)c2ccccc2-c2cc3c4c5c6ccccc6c6ccccc6c5ccc4n(-c4ccc(-c5ccc(N(c6ccc(-c7ccccc7)cc6)c6ccc(-c7ccccc7)cc6)cc5)cc4)c3cc21. The molecule has 1 aliphatic carbocycles. The number of hydrogen-bond acceptors (Lipinski definition) is 1. The van der Waals surface area contributed by atoms with Crippen molar-refractivity contribution in [1.29, 1.82) is 0 Å². The summed E-state index contributed by atoms with van der Waals surface area (Å²) in [6.45, 7) is 4.77. The lowest BCUT2D eigenvalue weighted by Crippen LogP contribution is -2.14. The standard InChI is InChI=1S/C69H48N2/c1-69(2)63-24-14-13-22-58(63)61-43-62-66(44-64(61)69)71(65-42-41-60-57-21-10-9-19-55(57)56-20-11-12-23-59(56)67(60)68(62)65)54-39-31-50(32-40-54)49-29-37-53(38-30-49)70(51-33-25-47(26-34-51)45-15-5-3-6-16-45)52-35-27-48(28-36-52)46-17-7-4-8-18-46/h3-44H,1-2H3. The molecule has 0 fully saturated rings. The molecule has 0 N–H and O–H groups in total. The van der Waals surface area contributed by atoms with Crippen molar-refractivity contribution in [1.82, 2.24) is 4.57 Å². The molecule has 0 aliphatic heterocycles. The highest BCUT2D eigenvalue weighted by molar-refractivity contribution is 6.35. The summed E-state index contributed by atoms with van der Waals surface area (Å²) in [5, 5.41) is 10.4. The normalized spacial score (nSPS) is 12.8. The molecule has 1 aromatic heterocycles. The zero-order chi connectivity index (χ0) is 47.2. The van der Waals surface area contributed by atoms with Crippen molar-refractivity contribution in [2.24, 2.45) is 0 Å². The number of benzene rings is 12. The summed E-state index contributed by atoms with van der Waals surface area (Å²) < 4.78 is 2.52. The molecule has 1 aliphatic rings. The number of rotatable bonds is 7. The van der Waals surface area contributed by atoms with Crippen LogP contribution in [0.3, 0.4) is 0 Å².